The van der Waals surface area contributed by atoms with E-state index in [1.165, 1.54) is 33.1 Å². The third kappa shape index (κ3) is 2.28. The summed E-state index contributed by atoms with van der Waals surface area (Å²) in [6.07, 6.45) is 2.32. The van der Waals surface area contributed by atoms with Gasteiger partial charge in [0.15, 0.2) is 0 Å². The van der Waals surface area contributed by atoms with Crippen molar-refractivity contribution in [2.24, 2.45) is 0 Å². The fourth-order valence-electron chi connectivity index (χ4n) is 3.13. The van der Waals surface area contributed by atoms with Gasteiger partial charge in [-0.15, -0.1) is 11.3 Å². The highest BCUT2D eigenvalue weighted by atomic mass is 32.1. The molecule has 1 aliphatic heterocycles. The second kappa shape index (κ2) is 5.28. The van der Waals surface area contributed by atoms with E-state index in [9.17, 15) is 0 Å². The van der Waals surface area contributed by atoms with Gasteiger partial charge in [-0.3, -0.25) is 4.90 Å². The van der Waals surface area contributed by atoms with Gasteiger partial charge in [-0.25, -0.2) is 4.98 Å². The van der Waals surface area contributed by atoms with E-state index < -0.39 is 0 Å². The molecule has 0 bridgehead atoms. The summed E-state index contributed by atoms with van der Waals surface area (Å²) in [6.45, 7) is 5.50. The molecule has 1 saturated heterocycles. The minimum absolute atomic E-state index is 1.02. The Balaban J connectivity index is 1.61. The van der Waals surface area contributed by atoms with Crippen LogP contribution in [0.2, 0.25) is 0 Å². The number of hydrogen-bond donors (Lipinski definition) is 1. The van der Waals surface area contributed by atoms with Crippen LogP contribution in [-0.2, 0) is 19.4 Å². The van der Waals surface area contributed by atoms with E-state index in [-0.39, 0.29) is 0 Å². The Hall–Kier alpha value is -1.23. The van der Waals surface area contributed by atoms with Crippen LogP contribution in [0.25, 0.3) is 11.3 Å². The summed E-state index contributed by atoms with van der Waals surface area (Å²) in [4.78, 5) is 8.93. The normalized spacial score (nSPS) is 18.6. The van der Waals surface area contributed by atoms with Crippen molar-refractivity contribution in [1.29, 1.82) is 0 Å². The first-order valence-electron chi connectivity index (χ1n) is 7.40. The van der Waals surface area contributed by atoms with Crippen LogP contribution >= 0.6 is 11.3 Å². The zero-order chi connectivity index (χ0) is 13.4. The molecule has 3 nitrogen and oxygen atoms in total. The fourth-order valence-corrected chi connectivity index (χ4v) is 4.25. The van der Waals surface area contributed by atoms with Crippen LogP contribution in [0.5, 0.6) is 0 Å². The number of nitrogens with one attached hydrogen (secondary N) is 1. The summed E-state index contributed by atoms with van der Waals surface area (Å²) in [6, 6.07) is 8.73. The zero-order valence-corrected chi connectivity index (χ0v) is 12.4. The maximum atomic E-state index is 4.94. The van der Waals surface area contributed by atoms with E-state index in [1.807, 2.05) is 11.3 Å². The van der Waals surface area contributed by atoms with Gasteiger partial charge < -0.3 is 5.32 Å². The zero-order valence-electron chi connectivity index (χ0n) is 11.6. The molecule has 2 aliphatic rings. The molecule has 0 saturated carbocycles. The van der Waals surface area contributed by atoms with Crippen molar-refractivity contribution in [1.82, 2.24) is 15.2 Å². The van der Waals surface area contributed by atoms with Crippen molar-refractivity contribution in [3.05, 3.63) is 39.7 Å². The summed E-state index contributed by atoms with van der Waals surface area (Å²) in [5.41, 5.74) is 4.07. The predicted octanol–water partition coefficient (Wildman–Crippen LogP) is 2.31. The average molecular weight is 285 g/mol. The maximum absolute atomic E-state index is 4.94. The molecule has 4 rings (SSSR count). The lowest BCUT2D eigenvalue weighted by molar-refractivity contribution is 0.233. The van der Waals surface area contributed by atoms with E-state index in [0.717, 1.165) is 39.1 Å². The second-order valence-electron chi connectivity index (χ2n) is 5.56. The van der Waals surface area contributed by atoms with Crippen molar-refractivity contribution in [3.63, 3.8) is 0 Å². The molecular weight excluding hydrogens is 266 g/mol. The topological polar surface area (TPSA) is 28.2 Å². The molecule has 104 valence electrons. The van der Waals surface area contributed by atoms with E-state index in [2.05, 4.69) is 34.5 Å². The molecule has 1 N–H and O–H groups in total. The number of rotatable bonds is 2. The summed E-state index contributed by atoms with van der Waals surface area (Å²) in [7, 11) is 0. The predicted molar refractivity (Wildman–Crippen MR) is 83.1 cm³/mol. The molecule has 0 atom stereocenters. The largest absolute Gasteiger partial charge is 0.314 e. The molecule has 0 spiro atoms. The maximum Gasteiger partial charge on any atom is 0.108 e. The number of aromatic nitrogens is 1. The van der Waals surface area contributed by atoms with Gasteiger partial charge >= 0.3 is 0 Å². The van der Waals surface area contributed by atoms with Crippen LogP contribution in [0.3, 0.4) is 0 Å². The monoisotopic (exact) mass is 285 g/mol. The van der Waals surface area contributed by atoms with Crippen molar-refractivity contribution in [2.75, 3.05) is 26.2 Å². The summed E-state index contributed by atoms with van der Waals surface area (Å²) < 4.78 is 0. The van der Waals surface area contributed by atoms with Gasteiger partial charge in [0.05, 0.1) is 12.2 Å². The van der Waals surface area contributed by atoms with Gasteiger partial charge in [-0.05, 0) is 18.4 Å². The number of benzene rings is 1. The van der Waals surface area contributed by atoms with Gasteiger partial charge in [0.1, 0.15) is 5.01 Å². The Labute approximate surface area is 123 Å². The van der Waals surface area contributed by atoms with Gasteiger partial charge in [-0.1, -0.05) is 24.3 Å². The Morgan fingerprint density at radius 1 is 1.15 bits per heavy atom. The lowest BCUT2D eigenvalue weighted by atomic mass is 9.94. The molecule has 2 heterocycles. The Morgan fingerprint density at radius 2 is 2.00 bits per heavy atom. The first-order chi connectivity index (χ1) is 9.90. The molecule has 1 aliphatic carbocycles. The second-order valence-corrected chi connectivity index (χ2v) is 6.73. The van der Waals surface area contributed by atoms with Crippen LogP contribution in [0, 0.1) is 0 Å². The number of aryl methyl sites for hydroxylation is 2. The highest BCUT2D eigenvalue weighted by molar-refractivity contribution is 7.12. The lowest BCUT2D eigenvalue weighted by Crippen LogP contribution is -2.42. The highest BCUT2D eigenvalue weighted by Gasteiger charge is 2.21. The molecule has 1 fully saturated rings. The van der Waals surface area contributed by atoms with E-state index in [0.29, 0.717) is 0 Å². The fraction of sp³-hybridized carbons (Fsp3) is 0.438. The van der Waals surface area contributed by atoms with Crippen LogP contribution in [-0.4, -0.2) is 36.1 Å². The molecule has 0 unspecified atom stereocenters. The van der Waals surface area contributed by atoms with Gasteiger partial charge in [0.25, 0.3) is 0 Å². The first-order valence-corrected chi connectivity index (χ1v) is 8.22. The molecular formula is C16H19N3S. The summed E-state index contributed by atoms with van der Waals surface area (Å²) in [5, 5.41) is 4.69. The van der Waals surface area contributed by atoms with Crippen LogP contribution in [0.1, 0.15) is 15.4 Å². The summed E-state index contributed by atoms with van der Waals surface area (Å²) in [5.74, 6) is 0. The van der Waals surface area contributed by atoms with Crippen molar-refractivity contribution < 1.29 is 0 Å². The molecule has 4 heteroatoms. The average Bonchev–Trinajstić information content (AvgIpc) is 2.91. The van der Waals surface area contributed by atoms with Gasteiger partial charge in [0.2, 0.25) is 0 Å². The minimum Gasteiger partial charge on any atom is -0.314 e. The third-order valence-corrected chi connectivity index (χ3v) is 5.30. The smallest absolute Gasteiger partial charge is 0.108 e. The van der Waals surface area contributed by atoms with E-state index in [4.69, 9.17) is 4.98 Å². The highest BCUT2D eigenvalue weighted by Crippen LogP contribution is 2.36. The van der Waals surface area contributed by atoms with Gasteiger partial charge in [-0.2, -0.15) is 0 Å². The Kier molecular flexibility index (Phi) is 3.30. The van der Waals surface area contributed by atoms with Crippen molar-refractivity contribution in [3.8, 4) is 11.3 Å². The quantitative estimate of drug-likeness (QED) is 0.918. The first kappa shape index (κ1) is 12.5. The van der Waals surface area contributed by atoms with E-state index in [1.54, 1.807) is 0 Å². The molecule has 1 aromatic carbocycles. The van der Waals surface area contributed by atoms with E-state index >= 15 is 0 Å². The number of piperazine rings is 1. The van der Waals surface area contributed by atoms with Crippen LogP contribution in [0.4, 0.5) is 0 Å². The Bertz CT molecular complexity index is 614. The SMILES string of the molecule is c1ccc2c(c1)CCc1sc(CN3CCNCC3)nc1-2. The van der Waals surface area contributed by atoms with Crippen molar-refractivity contribution >= 4 is 11.3 Å². The number of thiazole rings is 1. The van der Waals surface area contributed by atoms with Gasteiger partial charge in [0, 0.05) is 36.6 Å². The third-order valence-electron chi connectivity index (χ3n) is 4.20. The molecule has 20 heavy (non-hydrogen) atoms. The number of fused-ring (bicyclic) bond motifs is 3. The summed E-state index contributed by atoms with van der Waals surface area (Å²) >= 11 is 1.92. The molecule has 1 aromatic heterocycles. The lowest BCUT2D eigenvalue weighted by Gasteiger charge is -2.26. The van der Waals surface area contributed by atoms with Crippen LogP contribution < -0.4 is 5.32 Å². The van der Waals surface area contributed by atoms with Crippen molar-refractivity contribution in [2.45, 2.75) is 19.4 Å². The number of hydrogen-bond acceptors (Lipinski definition) is 4. The van der Waals surface area contributed by atoms with Crippen LogP contribution in [0.15, 0.2) is 24.3 Å². The molecule has 0 radical (unpaired) electrons. The minimum atomic E-state index is 1.02. The molecule has 0 amide bonds. The Morgan fingerprint density at radius 3 is 2.90 bits per heavy atom. The molecule has 2 aromatic rings. The number of nitrogens with zero attached hydrogens (tertiary/aromatic N) is 2. The standard InChI is InChI=1S/C16H19N3S/c1-2-4-13-12(3-1)5-6-14-16(13)18-15(20-14)11-19-9-7-17-8-10-19/h1-4,17H,5-11H2.